The highest BCUT2D eigenvalue weighted by Crippen LogP contribution is 2.31. The predicted molar refractivity (Wildman–Crippen MR) is 131 cm³/mol. The van der Waals surface area contributed by atoms with Crippen LogP contribution in [-0.4, -0.2) is 17.4 Å². The minimum absolute atomic E-state index is 0.266. The van der Waals surface area contributed by atoms with E-state index in [4.69, 9.17) is 9.57 Å². The molecule has 0 amide bonds. The molecule has 0 unspecified atom stereocenters. The van der Waals surface area contributed by atoms with Gasteiger partial charge in [-0.2, -0.15) is 0 Å². The zero-order chi connectivity index (χ0) is 23.4. The fourth-order valence-electron chi connectivity index (χ4n) is 3.88. The Kier molecular flexibility index (Phi) is 6.59. The first-order valence-electron chi connectivity index (χ1n) is 10.8. The van der Waals surface area contributed by atoms with Gasteiger partial charge >= 0.3 is 0 Å². The number of halogens is 1. The molecule has 33 heavy (non-hydrogen) atoms. The van der Waals surface area contributed by atoms with Crippen LogP contribution < -0.4 is 4.74 Å². The van der Waals surface area contributed by atoms with Crippen LogP contribution in [0.15, 0.2) is 84.0 Å². The summed E-state index contributed by atoms with van der Waals surface area (Å²) in [6.07, 6.45) is 0. The van der Waals surface area contributed by atoms with Crippen molar-refractivity contribution >= 4 is 5.71 Å². The number of ether oxygens (including phenoxy) is 1. The lowest BCUT2D eigenvalue weighted by Gasteiger charge is -2.13. The van der Waals surface area contributed by atoms with Crippen molar-refractivity contribution in [2.75, 3.05) is 7.11 Å². The third-order valence-corrected chi connectivity index (χ3v) is 5.63. The molecular weight excluding hydrogens is 415 g/mol. The van der Waals surface area contributed by atoms with Gasteiger partial charge in [-0.15, -0.1) is 0 Å². The molecular formula is C28H27FN2O2. The van der Waals surface area contributed by atoms with Crippen LogP contribution in [0, 0.1) is 19.7 Å². The molecule has 0 atom stereocenters. The fourth-order valence-corrected chi connectivity index (χ4v) is 3.88. The van der Waals surface area contributed by atoms with Gasteiger partial charge in [-0.25, -0.2) is 4.39 Å². The minimum Gasteiger partial charge on any atom is -0.497 e. The molecule has 1 aromatic heterocycles. The van der Waals surface area contributed by atoms with E-state index >= 15 is 0 Å². The first-order chi connectivity index (χ1) is 16.0. The molecule has 0 bridgehead atoms. The summed E-state index contributed by atoms with van der Waals surface area (Å²) in [7, 11) is 1.67. The third kappa shape index (κ3) is 4.98. The standard InChI is InChI=1S/C28H27FN2O2/c1-19-6-5-7-25(16-19)31-21(3)27(17-28(31)23-10-14-26(32-4)15-11-23)20(2)30-33-18-22-8-12-24(29)13-9-22/h5-17H,18H2,1-4H3/b30-20-. The summed E-state index contributed by atoms with van der Waals surface area (Å²) >= 11 is 0. The number of hydrogen-bond acceptors (Lipinski definition) is 3. The van der Waals surface area contributed by atoms with E-state index in [0.29, 0.717) is 0 Å². The Bertz CT molecular complexity index is 1270. The second-order valence-corrected chi connectivity index (χ2v) is 8.01. The quantitative estimate of drug-likeness (QED) is 0.232. The van der Waals surface area contributed by atoms with Crippen LogP contribution in [0.2, 0.25) is 0 Å². The normalized spacial score (nSPS) is 11.5. The van der Waals surface area contributed by atoms with Gasteiger partial charge < -0.3 is 14.1 Å². The van der Waals surface area contributed by atoms with Crippen molar-refractivity contribution in [3.8, 4) is 22.7 Å². The molecule has 4 rings (SSSR count). The molecule has 0 radical (unpaired) electrons. The van der Waals surface area contributed by atoms with Crippen molar-refractivity contribution in [1.29, 1.82) is 0 Å². The van der Waals surface area contributed by atoms with Crippen LogP contribution in [0.3, 0.4) is 0 Å². The van der Waals surface area contributed by atoms with E-state index in [9.17, 15) is 4.39 Å². The Balaban J connectivity index is 1.71. The summed E-state index contributed by atoms with van der Waals surface area (Å²) in [5.41, 5.74) is 8.12. The summed E-state index contributed by atoms with van der Waals surface area (Å²) < 4.78 is 20.7. The topological polar surface area (TPSA) is 35.8 Å². The maximum atomic E-state index is 13.1. The van der Waals surface area contributed by atoms with Crippen LogP contribution in [0.1, 0.15) is 29.3 Å². The number of oxime groups is 1. The van der Waals surface area contributed by atoms with E-state index in [1.54, 1.807) is 19.2 Å². The molecule has 168 valence electrons. The van der Waals surface area contributed by atoms with E-state index in [1.807, 2.05) is 19.1 Å². The summed E-state index contributed by atoms with van der Waals surface area (Å²) in [6, 6.07) is 24.8. The zero-order valence-corrected chi connectivity index (χ0v) is 19.3. The first-order valence-corrected chi connectivity index (χ1v) is 10.8. The SMILES string of the molecule is COc1ccc(-c2cc(/C(C)=N\OCc3ccc(F)cc3)c(C)n2-c2cccc(C)c2)cc1. The third-order valence-electron chi connectivity index (χ3n) is 5.63. The van der Waals surface area contributed by atoms with Crippen LogP contribution in [0.4, 0.5) is 4.39 Å². The number of aromatic nitrogens is 1. The van der Waals surface area contributed by atoms with E-state index < -0.39 is 0 Å². The van der Waals surface area contributed by atoms with Gasteiger partial charge in [-0.1, -0.05) is 29.4 Å². The largest absolute Gasteiger partial charge is 0.497 e. The number of aryl methyl sites for hydroxylation is 1. The average molecular weight is 443 g/mol. The number of rotatable bonds is 7. The Hall–Kier alpha value is -3.86. The average Bonchev–Trinajstić information content (AvgIpc) is 3.17. The van der Waals surface area contributed by atoms with Crippen molar-refractivity contribution in [3.05, 3.63) is 107 Å². The van der Waals surface area contributed by atoms with Crippen molar-refractivity contribution in [2.24, 2.45) is 5.16 Å². The molecule has 0 aliphatic carbocycles. The van der Waals surface area contributed by atoms with Gasteiger partial charge in [0.05, 0.1) is 18.5 Å². The highest BCUT2D eigenvalue weighted by molar-refractivity contribution is 6.01. The Morgan fingerprint density at radius 2 is 1.67 bits per heavy atom. The summed E-state index contributed by atoms with van der Waals surface area (Å²) in [5.74, 6) is 0.550. The monoisotopic (exact) mass is 442 g/mol. The van der Waals surface area contributed by atoms with Crippen LogP contribution in [0.5, 0.6) is 5.75 Å². The molecule has 1 heterocycles. The first kappa shape index (κ1) is 22.3. The smallest absolute Gasteiger partial charge is 0.142 e. The van der Waals surface area contributed by atoms with E-state index in [-0.39, 0.29) is 12.4 Å². The lowest BCUT2D eigenvalue weighted by Crippen LogP contribution is -2.03. The summed E-state index contributed by atoms with van der Waals surface area (Å²) in [5, 5.41) is 4.35. The van der Waals surface area contributed by atoms with Crippen molar-refractivity contribution in [2.45, 2.75) is 27.4 Å². The maximum absolute atomic E-state index is 13.1. The van der Waals surface area contributed by atoms with Gasteiger partial charge in [0.2, 0.25) is 0 Å². The Morgan fingerprint density at radius 1 is 0.939 bits per heavy atom. The number of benzene rings is 3. The Morgan fingerprint density at radius 3 is 2.33 bits per heavy atom. The van der Waals surface area contributed by atoms with Gasteiger partial charge in [0.15, 0.2) is 0 Å². The van der Waals surface area contributed by atoms with Crippen LogP contribution in [-0.2, 0) is 11.4 Å². The van der Waals surface area contributed by atoms with Gasteiger partial charge in [-0.3, -0.25) is 0 Å². The molecule has 4 aromatic rings. The molecule has 3 aromatic carbocycles. The van der Waals surface area contributed by atoms with Crippen molar-refractivity contribution in [1.82, 2.24) is 4.57 Å². The molecule has 0 saturated carbocycles. The molecule has 5 heteroatoms. The predicted octanol–water partition coefficient (Wildman–Crippen LogP) is 6.85. The van der Waals surface area contributed by atoms with Gasteiger partial charge in [0, 0.05) is 16.9 Å². The van der Waals surface area contributed by atoms with Gasteiger partial charge in [-0.05, 0) is 92.1 Å². The van der Waals surface area contributed by atoms with Gasteiger partial charge in [0.1, 0.15) is 18.2 Å². The van der Waals surface area contributed by atoms with Crippen LogP contribution >= 0.6 is 0 Å². The summed E-state index contributed by atoms with van der Waals surface area (Å²) in [4.78, 5) is 5.58. The lowest BCUT2D eigenvalue weighted by atomic mass is 10.1. The second kappa shape index (κ2) is 9.74. The molecule has 0 N–H and O–H groups in total. The number of methoxy groups -OCH3 is 1. The minimum atomic E-state index is -0.266. The molecule has 0 saturated heterocycles. The molecule has 0 aliphatic heterocycles. The molecule has 0 aliphatic rings. The molecule has 0 fully saturated rings. The highest BCUT2D eigenvalue weighted by Gasteiger charge is 2.17. The van der Waals surface area contributed by atoms with E-state index in [0.717, 1.165) is 45.2 Å². The fraction of sp³-hybridized carbons (Fsp3) is 0.179. The van der Waals surface area contributed by atoms with Gasteiger partial charge in [0.25, 0.3) is 0 Å². The van der Waals surface area contributed by atoms with E-state index in [2.05, 4.69) is 66.0 Å². The summed E-state index contributed by atoms with van der Waals surface area (Å²) in [6.45, 7) is 6.39. The highest BCUT2D eigenvalue weighted by atomic mass is 19.1. The molecule has 0 spiro atoms. The zero-order valence-electron chi connectivity index (χ0n) is 19.3. The number of nitrogens with zero attached hydrogens (tertiary/aromatic N) is 2. The van der Waals surface area contributed by atoms with Crippen molar-refractivity contribution in [3.63, 3.8) is 0 Å². The second-order valence-electron chi connectivity index (χ2n) is 8.01. The van der Waals surface area contributed by atoms with Crippen LogP contribution in [0.25, 0.3) is 16.9 Å². The maximum Gasteiger partial charge on any atom is 0.142 e. The number of hydrogen-bond donors (Lipinski definition) is 0. The Labute approximate surface area is 193 Å². The lowest BCUT2D eigenvalue weighted by molar-refractivity contribution is 0.130. The van der Waals surface area contributed by atoms with Crippen molar-refractivity contribution < 1.29 is 14.0 Å². The molecule has 4 nitrogen and oxygen atoms in total. The van der Waals surface area contributed by atoms with E-state index in [1.165, 1.54) is 17.7 Å².